The van der Waals surface area contributed by atoms with E-state index in [9.17, 15) is 14.7 Å². The van der Waals surface area contributed by atoms with Gasteiger partial charge in [0.05, 0.1) is 31.1 Å². The Morgan fingerprint density at radius 2 is 2.15 bits per heavy atom. The maximum Gasteiger partial charge on any atom is 0.274 e. The van der Waals surface area contributed by atoms with Crippen molar-refractivity contribution in [3.8, 4) is 0 Å². The molecule has 2 fully saturated rings. The summed E-state index contributed by atoms with van der Waals surface area (Å²) in [6.45, 7) is 0.963. The summed E-state index contributed by atoms with van der Waals surface area (Å²) < 4.78 is 8.78. The first-order valence-electron chi connectivity index (χ1n) is 11.2. The Balaban J connectivity index is 1.40. The Morgan fingerprint density at radius 1 is 1.30 bits per heavy atom. The number of rotatable bonds is 9. The van der Waals surface area contributed by atoms with E-state index in [2.05, 4.69) is 26.0 Å². The fraction of sp³-hybridized carbons (Fsp3) is 0.455. The lowest BCUT2D eigenvalue weighted by Gasteiger charge is -2.32. The van der Waals surface area contributed by atoms with Gasteiger partial charge in [0.1, 0.15) is 22.9 Å². The zero-order valence-corrected chi connectivity index (χ0v) is 18.3. The van der Waals surface area contributed by atoms with Gasteiger partial charge in [-0.1, -0.05) is 0 Å². The van der Waals surface area contributed by atoms with Gasteiger partial charge in [-0.05, 0) is 37.8 Å². The lowest BCUT2D eigenvalue weighted by atomic mass is 9.89. The summed E-state index contributed by atoms with van der Waals surface area (Å²) in [6.07, 6.45) is 6.59. The van der Waals surface area contributed by atoms with Gasteiger partial charge >= 0.3 is 0 Å². The van der Waals surface area contributed by atoms with Gasteiger partial charge in [-0.3, -0.25) is 9.59 Å². The number of nitrogens with zero attached hydrogens (tertiary/aromatic N) is 4. The third-order valence-corrected chi connectivity index (χ3v) is 6.02. The smallest absolute Gasteiger partial charge is 0.274 e. The Bertz CT molecular complexity index is 1230. The molecule has 2 aliphatic carbocycles. The lowest BCUT2D eigenvalue weighted by molar-refractivity contribution is 0.0448. The van der Waals surface area contributed by atoms with E-state index in [0.29, 0.717) is 48.6 Å². The molecule has 11 nitrogen and oxygen atoms in total. The van der Waals surface area contributed by atoms with Crippen LogP contribution in [-0.2, 0) is 11.3 Å². The molecule has 11 heteroatoms. The number of amides is 1. The van der Waals surface area contributed by atoms with E-state index >= 15 is 0 Å². The van der Waals surface area contributed by atoms with Crippen LogP contribution in [0.2, 0.25) is 0 Å². The van der Waals surface area contributed by atoms with Crippen molar-refractivity contribution < 1.29 is 14.6 Å². The molecule has 0 bridgehead atoms. The molecule has 0 spiro atoms. The second-order valence-electron chi connectivity index (χ2n) is 8.41. The molecule has 174 valence electrons. The second kappa shape index (κ2) is 8.83. The van der Waals surface area contributed by atoms with Gasteiger partial charge < -0.3 is 30.4 Å². The molecular weight excluding hydrogens is 426 g/mol. The quantitative estimate of drug-likeness (QED) is 0.378. The van der Waals surface area contributed by atoms with Crippen molar-refractivity contribution in [3.63, 3.8) is 0 Å². The van der Waals surface area contributed by atoms with E-state index in [0.717, 1.165) is 19.3 Å². The maximum atomic E-state index is 12.9. The third kappa shape index (κ3) is 4.41. The zero-order valence-electron chi connectivity index (χ0n) is 18.3. The molecule has 2 atom stereocenters. The number of nitrogens with one attached hydrogen (secondary N) is 3. The van der Waals surface area contributed by atoms with Crippen LogP contribution in [0.5, 0.6) is 0 Å². The van der Waals surface area contributed by atoms with Crippen LogP contribution in [0.3, 0.4) is 0 Å². The van der Waals surface area contributed by atoms with Crippen molar-refractivity contribution in [1.82, 2.24) is 24.5 Å². The molecule has 1 unspecified atom stereocenters. The van der Waals surface area contributed by atoms with E-state index in [4.69, 9.17) is 4.74 Å². The maximum absolute atomic E-state index is 12.9. The highest BCUT2D eigenvalue weighted by molar-refractivity contribution is 6.00. The van der Waals surface area contributed by atoms with Crippen molar-refractivity contribution in [2.45, 2.75) is 50.5 Å². The molecule has 3 aromatic rings. The minimum Gasteiger partial charge on any atom is -0.391 e. The van der Waals surface area contributed by atoms with Crippen LogP contribution in [0.1, 0.15) is 36.0 Å². The topological polar surface area (TPSA) is 135 Å². The van der Waals surface area contributed by atoms with E-state index in [1.165, 1.54) is 10.7 Å². The van der Waals surface area contributed by atoms with Crippen molar-refractivity contribution >= 4 is 28.9 Å². The number of aliphatic hydroxyl groups excluding tert-OH is 1. The van der Waals surface area contributed by atoms with E-state index in [1.807, 2.05) is 0 Å². The molecule has 3 aromatic heterocycles. The van der Waals surface area contributed by atoms with E-state index in [1.54, 1.807) is 36.0 Å². The fourth-order valence-corrected chi connectivity index (χ4v) is 3.76. The number of hydrogen-bond donors (Lipinski definition) is 4. The number of carbonyl (C=O) groups is 1. The summed E-state index contributed by atoms with van der Waals surface area (Å²) in [5.41, 5.74) is 0.808. The average molecular weight is 454 g/mol. The normalized spacial score (nSPS) is 19.8. The van der Waals surface area contributed by atoms with Crippen LogP contribution in [0.15, 0.2) is 35.4 Å². The van der Waals surface area contributed by atoms with Crippen molar-refractivity contribution in [2.75, 3.05) is 24.3 Å². The number of ether oxygens (including phenoxy) is 1. The highest BCUT2D eigenvalue weighted by Gasteiger charge is 2.31. The van der Waals surface area contributed by atoms with Crippen LogP contribution >= 0.6 is 0 Å². The minimum absolute atomic E-state index is 0.185. The summed E-state index contributed by atoms with van der Waals surface area (Å²) in [4.78, 5) is 30.2. The van der Waals surface area contributed by atoms with Crippen molar-refractivity contribution in [2.24, 2.45) is 0 Å². The SMILES string of the molecule is CNc1cc(Nc2cccn(CCOC3CC3)c2=O)nc2c(C(=O)NC3CC[C@@H]3O)cnn12. The number of aromatic nitrogens is 4. The molecule has 33 heavy (non-hydrogen) atoms. The van der Waals surface area contributed by atoms with Gasteiger partial charge in [-0.25, -0.2) is 4.98 Å². The summed E-state index contributed by atoms with van der Waals surface area (Å²) in [5.74, 6) is 0.645. The van der Waals surface area contributed by atoms with Crippen LogP contribution < -0.4 is 21.5 Å². The summed E-state index contributed by atoms with van der Waals surface area (Å²) in [5, 5.41) is 23.0. The number of carbonyl (C=O) groups excluding carboxylic acids is 1. The summed E-state index contributed by atoms with van der Waals surface area (Å²) in [7, 11) is 1.74. The first kappa shape index (κ1) is 21.4. The molecule has 0 radical (unpaired) electrons. The standard InChI is InChI=1S/C22H27N7O4/c1-23-19-11-18(25-16-3-2-8-28(22(16)32)9-10-33-13-4-5-13)27-20-14(12-24-29(19)20)21(31)26-15-6-7-17(15)30/h2-3,8,11-13,15,17,23,30H,4-7,9-10H2,1H3,(H,25,27)(H,26,31)/t15?,17-/m0/s1. The van der Waals surface area contributed by atoms with E-state index < -0.39 is 6.10 Å². The molecule has 2 aliphatic rings. The summed E-state index contributed by atoms with van der Waals surface area (Å²) in [6, 6.07) is 4.93. The van der Waals surface area contributed by atoms with Gasteiger partial charge in [0.2, 0.25) is 0 Å². The van der Waals surface area contributed by atoms with Gasteiger partial charge in [-0.2, -0.15) is 9.61 Å². The average Bonchev–Trinajstić information content (AvgIpc) is 3.54. The van der Waals surface area contributed by atoms with Crippen LogP contribution in [-0.4, -0.2) is 62.1 Å². The second-order valence-corrected chi connectivity index (χ2v) is 8.41. The summed E-state index contributed by atoms with van der Waals surface area (Å²) >= 11 is 0. The number of aliphatic hydroxyl groups is 1. The molecule has 5 rings (SSSR count). The first-order chi connectivity index (χ1) is 16.0. The van der Waals surface area contributed by atoms with Crippen LogP contribution in [0.4, 0.5) is 17.3 Å². The number of hydrogen-bond acceptors (Lipinski definition) is 8. The van der Waals surface area contributed by atoms with Gasteiger partial charge in [0.25, 0.3) is 11.5 Å². The fourth-order valence-electron chi connectivity index (χ4n) is 3.76. The molecule has 0 aliphatic heterocycles. The third-order valence-electron chi connectivity index (χ3n) is 6.02. The van der Waals surface area contributed by atoms with Crippen molar-refractivity contribution in [3.05, 3.63) is 46.5 Å². The molecular formula is C22H27N7O4. The predicted molar refractivity (Wildman–Crippen MR) is 122 cm³/mol. The van der Waals surface area contributed by atoms with E-state index in [-0.39, 0.29) is 23.1 Å². The number of fused-ring (bicyclic) bond motifs is 1. The van der Waals surface area contributed by atoms with Gasteiger partial charge in [0.15, 0.2) is 5.65 Å². The molecule has 0 aromatic carbocycles. The lowest BCUT2D eigenvalue weighted by Crippen LogP contribution is -2.50. The number of pyridine rings is 1. The number of anilines is 3. The monoisotopic (exact) mass is 453 g/mol. The molecule has 4 N–H and O–H groups in total. The van der Waals surface area contributed by atoms with Gasteiger partial charge in [-0.15, -0.1) is 0 Å². The van der Waals surface area contributed by atoms with Crippen LogP contribution in [0.25, 0.3) is 5.65 Å². The largest absolute Gasteiger partial charge is 0.391 e. The Hall–Kier alpha value is -3.44. The molecule has 0 saturated heterocycles. The zero-order chi connectivity index (χ0) is 22.9. The Labute approximate surface area is 189 Å². The van der Waals surface area contributed by atoms with Gasteiger partial charge in [0, 0.05) is 25.9 Å². The molecule has 3 heterocycles. The predicted octanol–water partition coefficient (Wildman–Crippen LogP) is 1.11. The Morgan fingerprint density at radius 3 is 2.85 bits per heavy atom. The minimum atomic E-state index is -0.524. The molecule has 1 amide bonds. The highest BCUT2D eigenvalue weighted by Crippen LogP contribution is 2.24. The van der Waals surface area contributed by atoms with Crippen LogP contribution in [0, 0.1) is 0 Å². The first-order valence-corrected chi connectivity index (χ1v) is 11.2. The molecule has 2 saturated carbocycles. The van der Waals surface area contributed by atoms with Crippen molar-refractivity contribution in [1.29, 1.82) is 0 Å². The highest BCUT2D eigenvalue weighted by atomic mass is 16.5. The Kier molecular flexibility index (Phi) is 5.73.